The monoisotopic (exact) mass is 243 g/mol. The van der Waals surface area contributed by atoms with Crippen LogP contribution in [0, 0.1) is 0 Å². The third kappa shape index (κ3) is 3.09. The Labute approximate surface area is 105 Å². The van der Waals surface area contributed by atoms with Gasteiger partial charge in [0.15, 0.2) is 5.78 Å². The van der Waals surface area contributed by atoms with E-state index in [1.165, 1.54) is 13.2 Å². The van der Waals surface area contributed by atoms with E-state index >= 15 is 0 Å². The maximum Gasteiger partial charge on any atom is 0.185 e. The van der Waals surface area contributed by atoms with Gasteiger partial charge in [0, 0.05) is 5.56 Å². The number of hydrogen-bond acceptors (Lipinski definition) is 4. The summed E-state index contributed by atoms with van der Waals surface area (Å²) in [5.41, 5.74) is 4.09. The second-order valence-electron chi connectivity index (χ2n) is 3.60. The minimum Gasteiger partial charge on any atom is -0.465 e. The van der Waals surface area contributed by atoms with Crippen molar-refractivity contribution in [2.45, 2.75) is 0 Å². The molecule has 0 fully saturated rings. The Hall–Kier alpha value is -2.33. The number of carbonyl (C=O) groups is 1. The van der Waals surface area contributed by atoms with Crippen LogP contribution in [0.25, 0.3) is 6.08 Å². The van der Waals surface area contributed by atoms with Crippen LogP contribution in [-0.4, -0.2) is 12.9 Å². The first kappa shape index (κ1) is 12.1. The molecule has 1 aromatic carbocycles. The Morgan fingerprint density at radius 1 is 1.28 bits per heavy atom. The molecule has 0 radical (unpaired) electrons. The molecule has 18 heavy (non-hydrogen) atoms. The van der Waals surface area contributed by atoms with Gasteiger partial charge in [0.25, 0.3) is 0 Å². The van der Waals surface area contributed by atoms with Crippen molar-refractivity contribution in [2.75, 3.05) is 12.6 Å². The molecule has 0 aliphatic rings. The highest BCUT2D eigenvalue weighted by Gasteiger charge is 2.01. The Morgan fingerprint density at radius 3 is 2.67 bits per heavy atom. The maximum absolute atomic E-state index is 11.8. The van der Waals surface area contributed by atoms with Gasteiger partial charge < -0.3 is 4.42 Å². The largest absolute Gasteiger partial charge is 0.465 e. The fourth-order valence-corrected chi connectivity index (χ4v) is 1.46. The zero-order valence-electron chi connectivity index (χ0n) is 9.92. The second-order valence-corrected chi connectivity index (χ2v) is 3.60. The van der Waals surface area contributed by atoms with E-state index in [0.29, 0.717) is 11.3 Å². The Balaban J connectivity index is 2.04. The second kappa shape index (κ2) is 5.84. The molecule has 92 valence electrons. The molecule has 0 spiro atoms. The highest BCUT2D eigenvalue weighted by Crippen LogP contribution is 2.11. The Morgan fingerprint density at radius 2 is 2.06 bits per heavy atom. The van der Waals surface area contributed by atoms with E-state index in [0.717, 1.165) is 5.69 Å². The van der Waals surface area contributed by atoms with Crippen molar-refractivity contribution in [3.63, 3.8) is 0 Å². The smallest absolute Gasteiger partial charge is 0.185 e. The van der Waals surface area contributed by atoms with E-state index in [1.54, 1.807) is 48.7 Å². The van der Waals surface area contributed by atoms with Gasteiger partial charge in [0.1, 0.15) is 5.76 Å². The first-order valence-electron chi connectivity index (χ1n) is 5.44. The summed E-state index contributed by atoms with van der Waals surface area (Å²) in [5.74, 6) is 0.580. The summed E-state index contributed by atoms with van der Waals surface area (Å²) in [7, 11) is 1.53. The summed E-state index contributed by atoms with van der Waals surface area (Å²) < 4.78 is 5.11. The van der Waals surface area contributed by atoms with Crippen LogP contribution in [-0.2, 0) is 4.84 Å². The van der Waals surface area contributed by atoms with Crippen LogP contribution >= 0.6 is 0 Å². The van der Waals surface area contributed by atoms with E-state index in [2.05, 4.69) is 5.48 Å². The lowest BCUT2D eigenvalue weighted by molar-refractivity contribution is 0.104. The third-order valence-corrected chi connectivity index (χ3v) is 2.33. The highest BCUT2D eigenvalue weighted by atomic mass is 16.6. The molecule has 2 rings (SSSR count). The lowest BCUT2D eigenvalue weighted by atomic mass is 10.1. The number of allylic oxidation sites excluding steroid dienone is 1. The first-order chi connectivity index (χ1) is 8.79. The number of carbonyl (C=O) groups excluding carboxylic acids is 1. The minimum atomic E-state index is -0.0737. The van der Waals surface area contributed by atoms with Crippen LogP contribution < -0.4 is 5.48 Å². The molecule has 0 amide bonds. The summed E-state index contributed by atoms with van der Waals surface area (Å²) in [5, 5.41) is 0. The summed E-state index contributed by atoms with van der Waals surface area (Å²) in [6, 6.07) is 10.6. The van der Waals surface area contributed by atoms with Gasteiger partial charge in [-0.1, -0.05) is 0 Å². The van der Waals surface area contributed by atoms with Gasteiger partial charge >= 0.3 is 0 Å². The molecule has 0 aliphatic heterocycles. The summed E-state index contributed by atoms with van der Waals surface area (Å²) in [4.78, 5) is 16.6. The average molecular weight is 243 g/mol. The van der Waals surface area contributed by atoms with Gasteiger partial charge in [-0.05, 0) is 48.6 Å². The van der Waals surface area contributed by atoms with Crippen molar-refractivity contribution in [3.05, 3.63) is 60.1 Å². The quantitative estimate of drug-likeness (QED) is 0.498. The average Bonchev–Trinajstić information content (AvgIpc) is 2.90. The van der Waals surface area contributed by atoms with Crippen LogP contribution in [0.15, 0.2) is 53.2 Å². The molecule has 1 heterocycles. The Kier molecular flexibility index (Phi) is 3.94. The van der Waals surface area contributed by atoms with Crippen molar-refractivity contribution >= 4 is 17.5 Å². The molecule has 0 saturated heterocycles. The lowest BCUT2D eigenvalue weighted by Crippen LogP contribution is -1.97. The molecule has 0 unspecified atom stereocenters. The molecular formula is C14H13NO3. The predicted octanol–water partition coefficient (Wildman–Crippen LogP) is 3.15. The third-order valence-electron chi connectivity index (χ3n) is 2.33. The van der Waals surface area contributed by atoms with Gasteiger partial charge in [-0.15, -0.1) is 0 Å². The van der Waals surface area contributed by atoms with Crippen LogP contribution in [0.2, 0.25) is 0 Å². The molecule has 0 aliphatic carbocycles. The molecular weight excluding hydrogens is 230 g/mol. The van der Waals surface area contributed by atoms with E-state index < -0.39 is 0 Å². The molecule has 1 aromatic heterocycles. The number of rotatable bonds is 5. The van der Waals surface area contributed by atoms with Crippen LogP contribution in [0.1, 0.15) is 16.1 Å². The van der Waals surface area contributed by atoms with Gasteiger partial charge in [0.2, 0.25) is 0 Å². The van der Waals surface area contributed by atoms with E-state index in [4.69, 9.17) is 9.25 Å². The number of ketones is 1. The number of nitrogens with one attached hydrogen (secondary N) is 1. The number of benzene rings is 1. The fraction of sp³-hybridized carbons (Fsp3) is 0.0714. The number of anilines is 1. The molecule has 1 N–H and O–H groups in total. The topological polar surface area (TPSA) is 51.5 Å². The predicted molar refractivity (Wildman–Crippen MR) is 69.1 cm³/mol. The summed E-state index contributed by atoms with van der Waals surface area (Å²) >= 11 is 0. The summed E-state index contributed by atoms with van der Waals surface area (Å²) in [6.45, 7) is 0. The van der Waals surface area contributed by atoms with Crippen molar-refractivity contribution < 1.29 is 14.0 Å². The zero-order chi connectivity index (χ0) is 12.8. The van der Waals surface area contributed by atoms with Crippen LogP contribution in [0.4, 0.5) is 5.69 Å². The number of furan rings is 1. The van der Waals surface area contributed by atoms with Gasteiger partial charge in [-0.25, -0.2) is 0 Å². The van der Waals surface area contributed by atoms with Crippen LogP contribution in [0.3, 0.4) is 0 Å². The van der Waals surface area contributed by atoms with Gasteiger partial charge in [-0.3, -0.25) is 15.1 Å². The van der Waals surface area contributed by atoms with Gasteiger partial charge in [0.05, 0.1) is 19.1 Å². The fourth-order valence-electron chi connectivity index (χ4n) is 1.46. The minimum absolute atomic E-state index is 0.0737. The highest BCUT2D eigenvalue weighted by molar-refractivity contribution is 6.06. The lowest BCUT2D eigenvalue weighted by Gasteiger charge is -2.02. The van der Waals surface area contributed by atoms with E-state index in [1.807, 2.05) is 0 Å². The van der Waals surface area contributed by atoms with Crippen LogP contribution in [0.5, 0.6) is 0 Å². The molecule has 0 atom stereocenters. The Bertz CT molecular complexity index is 527. The SMILES string of the molecule is CONc1ccc(C(=O)/C=C/c2ccco2)cc1. The normalized spacial score (nSPS) is 10.7. The molecule has 4 nitrogen and oxygen atoms in total. The molecule has 0 saturated carbocycles. The van der Waals surface area contributed by atoms with Crippen molar-refractivity contribution in [1.29, 1.82) is 0 Å². The first-order valence-corrected chi connectivity index (χ1v) is 5.44. The van der Waals surface area contributed by atoms with Crippen molar-refractivity contribution in [3.8, 4) is 0 Å². The van der Waals surface area contributed by atoms with Crippen molar-refractivity contribution in [1.82, 2.24) is 0 Å². The zero-order valence-corrected chi connectivity index (χ0v) is 9.92. The van der Waals surface area contributed by atoms with Gasteiger partial charge in [-0.2, -0.15) is 0 Å². The maximum atomic E-state index is 11.8. The molecule has 4 heteroatoms. The molecule has 0 bridgehead atoms. The van der Waals surface area contributed by atoms with E-state index in [9.17, 15) is 4.79 Å². The number of hydrogen-bond donors (Lipinski definition) is 1. The van der Waals surface area contributed by atoms with Crippen molar-refractivity contribution in [2.24, 2.45) is 0 Å². The van der Waals surface area contributed by atoms with E-state index in [-0.39, 0.29) is 5.78 Å². The standard InChI is InChI=1S/C14H13NO3/c1-17-15-12-6-4-11(5-7-12)14(16)9-8-13-3-2-10-18-13/h2-10,15H,1H3/b9-8+. The summed E-state index contributed by atoms with van der Waals surface area (Å²) in [6.07, 6.45) is 4.69. The molecule has 2 aromatic rings.